The number of halogens is 3. The van der Waals surface area contributed by atoms with Crippen LogP contribution in [-0.2, 0) is 19.3 Å². The Hall–Kier alpha value is -4.18. The van der Waals surface area contributed by atoms with Crippen molar-refractivity contribution in [3.63, 3.8) is 0 Å². The van der Waals surface area contributed by atoms with Gasteiger partial charge in [0, 0.05) is 18.7 Å². The Morgan fingerprint density at radius 3 is 2.37 bits per heavy atom. The molecule has 0 aliphatic carbocycles. The van der Waals surface area contributed by atoms with Gasteiger partial charge in [-0.2, -0.15) is 13.2 Å². The van der Waals surface area contributed by atoms with Crippen LogP contribution in [0.4, 0.5) is 13.2 Å². The van der Waals surface area contributed by atoms with Gasteiger partial charge in [-0.3, -0.25) is 9.69 Å². The zero-order valence-corrected chi connectivity index (χ0v) is 20.8. The molecule has 0 saturated heterocycles. The highest BCUT2D eigenvalue weighted by atomic mass is 19.4. The van der Waals surface area contributed by atoms with E-state index in [1.165, 1.54) is 38.5 Å². The van der Waals surface area contributed by atoms with E-state index in [0.717, 1.165) is 5.56 Å². The second-order valence-corrected chi connectivity index (χ2v) is 8.70. The molecule has 0 atom stereocenters. The van der Waals surface area contributed by atoms with Gasteiger partial charge in [0.25, 0.3) is 0 Å². The molecule has 0 spiro atoms. The zero-order valence-electron chi connectivity index (χ0n) is 20.8. The maximum atomic E-state index is 14.3. The summed E-state index contributed by atoms with van der Waals surface area (Å²) >= 11 is 0. The molecule has 38 heavy (non-hydrogen) atoms. The number of rotatable bonds is 6. The highest BCUT2D eigenvalue weighted by Gasteiger charge is 2.40. The van der Waals surface area contributed by atoms with Gasteiger partial charge in [-0.15, -0.1) is 0 Å². The van der Waals surface area contributed by atoms with Crippen molar-refractivity contribution in [1.29, 1.82) is 0 Å². The Labute approximate surface area is 215 Å². The fourth-order valence-electron chi connectivity index (χ4n) is 4.65. The third kappa shape index (κ3) is 4.51. The van der Waals surface area contributed by atoms with Crippen LogP contribution in [0, 0.1) is 0 Å². The average molecular weight is 527 g/mol. The van der Waals surface area contributed by atoms with Gasteiger partial charge in [-0.25, -0.2) is 0 Å². The van der Waals surface area contributed by atoms with Gasteiger partial charge in [-0.05, 0) is 35.9 Å². The number of hydrogen-bond donors (Lipinski definition) is 0. The van der Waals surface area contributed by atoms with Crippen LogP contribution in [0.15, 0.2) is 63.8 Å². The first-order chi connectivity index (χ1) is 18.2. The zero-order chi connectivity index (χ0) is 27.0. The van der Waals surface area contributed by atoms with E-state index in [-0.39, 0.29) is 35.6 Å². The first-order valence-corrected chi connectivity index (χ1v) is 11.6. The first-order valence-electron chi connectivity index (χ1n) is 11.6. The topological polar surface area (TPSA) is 70.4 Å². The summed E-state index contributed by atoms with van der Waals surface area (Å²) in [6.45, 7) is 0.809. The minimum Gasteiger partial charge on any atom is -0.496 e. The van der Waals surface area contributed by atoms with Crippen molar-refractivity contribution >= 4 is 11.0 Å². The molecule has 4 aromatic rings. The number of ether oxygens (including phenoxy) is 4. The van der Waals surface area contributed by atoms with Crippen LogP contribution in [0.5, 0.6) is 23.0 Å². The van der Waals surface area contributed by atoms with E-state index in [1.807, 2.05) is 17.0 Å². The van der Waals surface area contributed by atoms with Crippen LogP contribution in [0.3, 0.4) is 0 Å². The first kappa shape index (κ1) is 25.5. The van der Waals surface area contributed by atoms with Crippen LogP contribution in [0.1, 0.15) is 16.9 Å². The van der Waals surface area contributed by atoms with Crippen molar-refractivity contribution in [1.82, 2.24) is 4.90 Å². The number of methoxy groups -OCH3 is 3. The van der Waals surface area contributed by atoms with Crippen LogP contribution >= 0.6 is 0 Å². The summed E-state index contributed by atoms with van der Waals surface area (Å²) < 4.78 is 70.1. The average Bonchev–Trinajstić information content (AvgIpc) is 2.92. The van der Waals surface area contributed by atoms with Crippen molar-refractivity contribution in [2.24, 2.45) is 0 Å². The summed E-state index contributed by atoms with van der Waals surface area (Å²) in [7, 11) is 4.41. The smallest absolute Gasteiger partial charge is 0.450 e. The minimum absolute atomic E-state index is 0.00188. The van der Waals surface area contributed by atoms with Crippen LogP contribution in [0.25, 0.3) is 22.1 Å². The van der Waals surface area contributed by atoms with Crippen molar-refractivity contribution in [2.45, 2.75) is 19.3 Å². The molecule has 0 radical (unpaired) electrons. The fraction of sp³-hybridized carbons (Fsp3) is 0.250. The lowest BCUT2D eigenvalue weighted by Crippen LogP contribution is -2.32. The lowest BCUT2D eigenvalue weighted by molar-refractivity contribution is -0.152. The van der Waals surface area contributed by atoms with Gasteiger partial charge >= 0.3 is 6.18 Å². The lowest BCUT2D eigenvalue weighted by atomic mass is 9.99. The van der Waals surface area contributed by atoms with E-state index in [4.69, 9.17) is 23.4 Å². The van der Waals surface area contributed by atoms with Gasteiger partial charge in [0.2, 0.25) is 11.2 Å². The summed E-state index contributed by atoms with van der Waals surface area (Å²) in [5, 5.41) is 0.0224. The summed E-state index contributed by atoms with van der Waals surface area (Å²) in [5.74, 6) is 0.243. The minimum atomic E-state index is -4.93. The molecule has 0 fully saturated rings. The standard InChI is InChI=1S/C28H24F3NO6/c1-34-20-7-5-4-6-17(20)24-25(33)18-9-11-21-19(26(18)38-27(24)28(29,30)31)14-32(15-37-21)13-16-8-10-22(35-2)23(12-16)36-3/h4-12H,13-15H2,1-3H3. The molecule has 0 bridgehead atoms. The van der Waals surface area contributed by atoms with Gasteiger partial charge in [-0.1, -0.05) is 24.3 Å². The molecule has 5 rings (SSSR count). The molecular formula is C28H24F3NO6. The number of nitrogens with zero attached hydrogens (tertiary/aromatic N) is 1. The predicted molar refractivity (Wildman–Crippen MR) is 134 cm³/mol. The highest BCUT2D eigenvalue weighted by molar-refractivity contribution is 5.88. The van der Waals surface area contributed by atoms with Crippen LogP contribution in [0.2, 0.25) is 0 Å². The number of hydrogen-bond acceptors (Lipinski definition) is 7. The molecule has 0 saturated carbocycles. The molecule has 10 heteroatoms. The molecule has 0 unspecified atom stereocenters. The number of benzene rings is 3. The molecule has 1 aliphatic heterocycles. The van der Waals surface area contributed by atoms with Gasteiger partial charge in [0.15, 0.2) is 11.5 Å². The quantitative estimate of drug-likeness (QED) is 0.311. The summed E-state index contributed by atoms with van der Waals surface area (Å²) in [6, 6.07) is 14.5. The fourth-order valence-corrected chi connectivity index (χ4v) is 4.65. The lowest BCUT2D eigenvalue weighted by Gasteiger charge is -2.29. The highest BCUT2D eigenvalue weighted by Crippen LogP contribution is 2.42. The number of alkyl halides is 3. The third-order valence-electron chi connectivity index (χ3n) is 6.39. The maximum absolute atomic E-state index is 14.3. The van der Waals surface area contributed by atoms with Gasteiger partial charge in [0.1, 0.15) is 23.8 Å². The van der Waals surface area contributed by atoms with Crippen molar-refractivity contribution in [2.75, 3.05) is 28.1 Å². The van der Waals surface area contributed by atoms with Crippen molar-refractivity contribution in [3.8, 4) is 34.1 Å². The Kier molecular flexibility index (Phi) is 6.66. The summed E-state index contributed by atoms with van der Waals surface area (Å²) in [6.07, 6.45) is -4.93. The second-order valence-electron chi connectivity index (χ2n) is 8.70. The largest absolute Gasteiger partial charge is 0.496 e. The molecular weight excluding hydrogens is 503 g/mol. The monoisotopic (exact) mass is 527 g/mol. The number of para-hydroxylation sites is 1. The number of fused-ring (bicyclic) bond motifs is 3. The summed E-state index contributed by atoms with van der Waals surface area (Å²) in [5.41, 5.74) is -0.309. The van der Waals surface area contributed by atoms with E-state index < -0.39 is 22.9 Å². The van der Waals surface area contributed by atoms with E-state index in [0.29, 0.717) is 29.4 Å². The van der Waals surface area contributed by atoms with E-state index >= 15 is 0 Å². The molecule has 7 nitrogen and oxygen atoms in total. The van der Waals surface area contributed by atoms with Crippen molar-refractivity contribution < 1.29 is 36.5 Å². The molecule has 0 amide bonds. The van der Waals surface area contributed by atoms with Gasteiger partial charge < -0.3 is 23.4 Å². The summed E-state index contributed by atoms with van der Waals surface area (Å²) in [4.78, 5) is 15.4. The van der Waals surface area contributed by atoms with E-state index in [2.05, 4.69) is 0 Å². The van der Waals surface area contributed by atoms with Crippen molar-refractivity contribution in [3.05, 3.63) is 81.7 Å². The molecule has 198 valence electrons. The Bertz CT molecular complexity index is 1560. The van der Waals surface area contributed by atoms with E-state index in [9.17, 15) is 18.0 Å². The molecule has 1 aliphatic rings. The third-order valence-corrected chi connectivity index (χ3v) is 6.39. The molecule has 0 N–H and O–H groups in total. The molecule has 1 aromatic heterocycles. The van der Waals surface area contributed by atoms with Crippen LogP contribution < -0.4 is 24.4 Å². The van der Waals surface area contributed by atoms with Crippen LogP contribution in [-0.4, -0.2) is 33.0 Å². The Morgan fingerprint density at radius 1 is 0.921 bits per heavy atom. The Balaban J connectivity index is 1.61. The SMILES string of the molecule is COc1ccc(CN2COc3ccc4c(=O)c(-c5ccccc5OC)c(C(F)(F)F)oc4c3C2)cc1OC. The second kappa shape index (κ2) is 9.94. The Morgan fingerprint density at radius 2 is 1.66 bits per heavy atom. The predicted octanol–water partition coefficient (Wildman–Crippen LogP) is 5.86. The maximum Gasteiger partial charge on any atom is 0.450 e. The van der Waals surface area contributed by atoms with Gasteiger partial charge in [0.05, 0.1) is 37.8 Å². The normalized spacial score (nSPS) is 13.6. The molecule has 2 heterocycles. The van der Waals surface area contributed by atoms with E-state index in [1.54, 1.807) is 25.3 Å². The molecule has 3 aromatic carbocycles.